The number of alkyl halides is 3. The van der Waals surface area contributed by atoms with E-state index < -0.39 is 23.3 Å². The van der Waals surface area contributed by atoms with Gasteiger partial charge in [-0.05, 0) is 56.7 Å². The summed E-state index contributed by atoms with van der Waals surface area (Å²) in [4.78, 5) is 27.9. The number of ether oxygens (including phenoxy) is 1. The summed E-state index contributed by atoms with van der Waals surface area (Å²) in [6.07, 6.45) is -0.122. The molecular formula is C23H29F3N2O3. The molecule has 31 heavy (non-hydrogen) atoms. The molecule has 0 spiro atoms. The molecule has 3 atom stereocenters. The van der Waals surface area contributed by atoms with E-state index in [9.17, 15) is 22.8 Å². The highest BCUT2D eigenvalue weighted by Crippen LogP contribution is 2.47. The van der Waals surface area contributed by atoms with Gasteiger partial charge in [0.1, 0.15) is 0 Å². The van der Waals surface area contributed by atoms with Gasteiger partial charge in [-0.2, -0.15) is 13.2 Å². The van der Waals surface area contributed by atoms with Crippen LogP contribution in [0.15, 0.2) is 24.3 Å². The maximum atomic E-state index is 13.7. The second-order valence-electron chi connectivity index (χ2n) is 9.20. The van der Waals surface area contributed by atoms with Crippen LogP contribution < -0.4 is 5.32 Å². The fourth-order valence-electron chi connectivity index (χ4n) is 5.42. The van der Waals surface area contributed by atoms with E-state index in [4.69, 9.17) is 4.74 Å². The molecule has 2 amide bonds. The molecule has 0 aromatic heterocycles. The normalized spacial score (nSPS) is 30.3. The number of carbonyl (C=O) groups excluding carboxylic acids is 2. The Balaban J connectivity index is 1.74. The third kappa shape index (κ3) is 4.45. The molecule has 3 fully saturated rings. The zero-order valence-corrected chi connectivity index (χ0v) is 17.7. The number of carbonyl (C=O) groups is 2. The second kappa shape index (κ2) is 8.45. The minimum atomic E-state index is -4.45. The van der Waals surface area contributed by atoms with E-state index in [0.717, 1.165) is 31.4 Å². The van der Waals surface area contributed by atoms with Gasteiger partial charge in [-0.25, -0.2) is 0 Å². The van der Waals surface area contributed by atoms with Gasteiger partial charge in [0, 0.05) is 25.6 Å². The van der Waals surface area contributed by atoms with Crippen molar-refractivity contribution in [1.82, 2.24) is 10.2 Å². The molecular weight excluding hydrogens is 409 g/mol. The fraction of sp³-hybridized carbons (Fsp3) is 0.652. The average Bonchev–Trinajstić information content (AvgIpc) is 3.01. The van der Waals surface area contributed by atoms with Gasteiger partial charge in [0.25, 0.3) is 0 Å². The SMILES string of the molecule is C[C@]12C[C@@H](c3cccc(C(F)(F)F)c3)N(C(=O)C3CCOCC3)[C@H]1CCCCC(=O)N2. The molecule has 0 saturated carbocycles. The summed E-state index contributed by atoms with van der Waals surface area (Å²) in [5.74, 6) is -0.296. The number of fused-ring (bicyclic) bond motifs is 1. The second-order valence-corrected chi connectivity index (χ2v) is 9.20. The molecule has 1 N–H and O–H groups in total. The Kier molecular flexibility index (Phi) is 6.03. The third-order valence-corrected chi connectivity index (χ3v) is 7.00. The van der Waals surface area contributed by atoms with Crippen LogP contribution in [0.3, 0.4) is 0 Å². The molecule has 4 rings (SSSR count). The summed E-state index contributed by atoms with van der Waals surface area (Å²) < 4.78 is 45.5. The Labute approximate surface area is 180 Å². The predicted molar refractivity (Wildman–Crippen MR) is 108 cm³/mol. The molecule has 0 aliphatic carbocycles. The van der Waals surface area contributed by atoms with Gasteiger partial charge in [-0.1, -0.05) is 18.6 Å². The molecule has 170 valence electrons. The largest absolute Gasteiger partial charge is 0.416 e. The van der Waals surface area contributed by atoms with Crippen molar-refractivity contribution in [2.45, 2.75) is 75.7 Å². The van der Waals surface area contributed by atoms with Gasteiger partial charge in [0.15, 0.2) is 0 Å². The standard InChI is InChI=1S/C23H29F3N2O3/c1-22-14-18(16-5-4-6-17(13-16)23(24,25)26)28(21(30)15-9-11-31-12-10-15)19(22)7-2-3-8-20(29)27-22/h4-6,13,15,18-19H,2-3,7-12,14H2,1H3,(H,27,29)/t18-,19-,22-/m0/s1. The number of halogens is 3. The summed E-state index contributed by atoms with van der Waals surface area (Å²) in [7, 11) is 0. The first-order valence-corrected chi connectivity index (χ1v) is 11.1. The first-order valence-electron chi connectivity index (χ1n) is 11.1. The number of nitrogens with zero attached hydrogens (tertiary/aromatic N) is 1. The van der Waals surface area contributed by atoms with Crippen LogP contribution in [0.2, 0.25) is 0 Å². The van der Waals surface area contributed by atoms with Gasteiger partial charge in [-0.3, -0.25) is 9.59 Å². The van der Waals surface area contributed by atoms with Crippen LogP contribution in [0, 0.1) is 5.92 Å². The monoisotopic (exact) mass is 438 g/mol. The first-order chi connectivity index (χ1) is 14.7. The maximum absolute atomic E-state index is 13.7. The van der Waals surface area contributed by atoms with Crippen LogP contribution in [0.25, 0.3) is 0 Å². The first kappa shape index (κ1) is 22.1. The van der Waals surface area contributed by atoms with Crippen molar-refractivity contribution in [3.63, 3.8) is 0 Å². The van der Waals surface area contributed by atoms with Crippen LogP contribution in [0.5, 0.6) is 0 Å². The summed E-state index contributed by atoms with van der Waals surface area (Å²) in [5.41, 5.74) is -0.920. The van der Waals surface area contributed by atoms with Gasteiger partial charge in [-0.15, -0.1) is 0 Å². The summed E-state index contributed by atoms with van der Waals surface area (Å²) in [6.45, 7) is 2.95. The number of amides is 2. The zero-order valence-electron chi connectivity index (χ0n) is 17.7. The van der Waals surface area contributed by atoms with E-state index in [1.54, 1.807) is 11.0 Å². The lowest BCUT2D eigenvalue weighted by molar-refractivity contribution is -0.143. The summed E-state index contributed by atoms with van der Waals surface area (Å²) >= 11 is 0. The molecule has 0 bridgehead atoms. The lowest BCUT2D eigenvalue weighted by Crippen LogP contribution is -2.57. The topological polar surface area (TPSA) is 58.6 Å². The van der Waals surface area contributed by atoms with Crippen molar-refractivity contribution in [3.8, 4) is 0 Å². The predicted octanol–water partition coefficient (Wildman–Crippen LogP) is 4.22. The molecule has 0 unspecified atom stereocenters. The van der Waals surface area contributed by atoms with Crippen molar-refractivity contribution in [3.05, 3.63) is 35.4 Å². The number of rotatable bonds is 2. The van der Waals surface area contributed by atoms with Crippen molar-refractivity contribution in [1.29, 1.82) is 0 Å². The van der Waals surface area contributed by atoms with Crippen LogP contribution in [0.1, 0.15) is 69.0 Å². The van der Waals surface area contributed by atoms with Crippen LogP contribution >= 0.6 is 0 Å². The summed E-state index contributed by atoms with van der Waals surface area (Å²) in [5, 5.41) is 3.11. The van der Waals surface area contributed by atoms with Crippen molar-refractivity contribution >= 4 is 11.8 Å². The van der Waals surface area contributed by atoms with Gasteiger partial charge in [0.05, 0.1) is 23.2 Å². The molecule has 3 aliphatic heterocycles. The number of hydrogen-bond donors (Lipinski definition) is 1. The van der Waals surface area contributed by atoms with Gasteiger partial charge in [0.2, 0.25) is 11.8 Å². The number of hydrogen-bond acceptors (Lipinski definition) is 3. The smallest absolute Gasteiger partial charge is 0.381 e. The van der Waals surface area contributed by atoms with E-state index in [1.807, 2.05) is 6.92 Å². The zero-order chi connectivity index (χ0) is 22.2. The third-order valence-electron chi connectivity index (χ3n) is 7.00. The van der Waals surface area contributed by atoms with Crippen molar-refractivity contribution < 1.29 is 27.5 Å². The highest BCUT2D eigenvalue weighted by atomic mass is 19.4. The molecule has 3 heterocycles. The minimum Gasteiger partial charge on any atom is -0.381 e. The van der Waals surface area contributed by atoms with Crippen LogP contribution in [-0.2, 0) is 20.5 Å². The molecule has 3 aliphatic rings. The fourth-order valence-corrected chi connectivity index (χ4v) is 5.42. The molecule has 3 saturated heterocycles. The number of likely N-dealkylation sites (tertiary alicyclic amines) is 1. The van der Waals surface area contributed by atoms with E-state index in [1.165, 1.54) is 6.07 Å². The molecule has 8 heteroatoms. The Morgan fingerprint density at radius 1 is 1.19 bits per heavy atom. The lowest BCUT2D eigenvalue weighted by Gasteiger charge is -2.40. The van der Waals surface area contributed by atoms with Crippen LogP contribution in [-0.4, -0.2) is 41.5 Å². The molecule has 1 aromatic carbocycles. The summed E-state index contributed by atoms with van der Waals surface area (Å²) in [6, 6.07) is 4.51. The Morgan fingerprint density at radius 2 is 1.94 bits per heavy atom. The van der Waals surface area contributed by atoms with Crippen molar-refractivity contribution in [2.24, 2.45) is 5.92 Å². The quantitative estimate of drug-likeness (QED) is 0.752. The van der Waals surface area contributed by atoms with E-state index in [2.05, 4.69) is 5.32 Å². The van der Waals surface area contributed by atoms with Gasteiger partial charge < -0.3 is 15.0 Å². The average molecular weight is 438 g/mol. The number of nitrogens with one attached hydrogen (secondary N) is 1. The van der Waals surface area contributed by atoms with Crippen LogP contribution in [0.4, 0.5) is 13.2 Å². The number of benzene rings is 1. The Hall–Kier alpha value is -2.09. The Morgan fingerprint density at radius 3 is 2.65 bits per heavy atom. The van der Waals surface area contributed by atoms with E-state index >= 15 is 0 Å². The van der Waals surface area contributed by atoms with E-state index in [-0.39, 0.29) is 23.8 Å². The highest BCUT2D eigenvalue weighted by molar-refractivity contribution is 5.82. The molecule has 5 nitrogen and oxygen atoms in total. The lowest BCUT2D eigenvalue weighted by atomic mass is 9.85. The molecule has 1 aromatic rings. The Bertz CT molecular complexity index is 838. The van der Waals surface area contributed by atoms with Crippen molar-refractivity contribution in [2.75, 3.05) is 13.2 Å². The maximum Gasteiger partial charge on any atom is 0.416 e. The highest BCUT2D eigenvalue weighted by Gasteiger charge is 2.53. The van der Waals surface area contributed by atoms with E-state index in [0.29, 0.717) is 44.5 Å². The van der Waals surface area contributed by atoms with Gasteiger partial charge >= 0.3 is 6.18 Å². The minimum absolute atomic E-state index is 0.0331. The molecule has 0 radical (unpaired) electrons.